The minimum Gasteiger partial charge on any atom is -0.507 e. The molecule has 180 valence electrons. The summed E-state index contributed by atoms with van der Waals surface area (Å²) in [5, 5.41) is 20.2. The summed E-state index contributed by atoms with van der Waals surface area (Å²) in [6.07, 6.45) is -1.89. The van der Waals surface area contributed by atoms with Crippen molar-refractivity contribution < 1.29 is 33.2 Å². The van der Waals surface area contributed by atoms with E-state index in [1.54, 1.807) is 30.3 Å². The first-order valence-corrected chi connectivity index (χ1v) is 11.2. The third kappa shape index (κ3) is 3.88. The average Bonchev–Trinajstić information content (AvgIpc) is 3.53. The van der Waals surface area contributed by atoms with E-state index in [4.69, 9.17) is 25.8 Å². The molecule has 6 rings (SSSR count). The third-order valence-corrected chi connectivity index (χ3v) is 6.45. The average molecular weight is 502 g/mol. The summed E-state index contributed by atoms with van der Waals surface area (Å²) in [4.78, 5) is 12.0. The highest BCUT2D eigenvalue weighted by atomic mass is 35.5. The molecule has 2 aromatic heterocycles. The lowest BCUT2D eigenvalue weighted by molar-refractivity contribution is 0.00706. The van der Waals surface area contributed by atoms with Crippen molar-refractivity contribution in [3.8, 4) is 34.1 Å². The van der Waals surface area contributed by atoms with Gasteiger partial charge in [0.15, 0.2) is 23.4 Å². The maximum atomic E-state index is 13.6. The number of imidazole rings is 1. The Morgan fingerprint density at radius 1 is 0.971 bits per heavy atom. The number of aromatic nitrogens is 3. The van der Waals surface area contributed by atoms with E-state index in [0.29, 0.717) is 33.0 Å². The number of benzene rings is 2. The normalized spacial score (nSPS) is 23.7. The first kappa shape index (κ1) is 22.2. The summed E-state index contributed by atoms with van der Waals surface area (Å²) in [5.74, 6) is -2.54. The number of H-pyrrole nitrogens is 1. The van der Waals surface area contributed by atoms with E-state index in [2.05, 4.69) is 15.0 Å². The highest BCUT2D eigenvalue weighted by Crippen LogP contribution is 2.35. The molecular weight excluding hydrogens is 484 g/mol. The molecule has 8 nitrogen and oxygen atoms in total. The number of nitrogens with one attached hydrogen (secondary N) is 1. The monoisotopic (exact) mass is 501 g/mol. The predicted molar refractivity (Wildman–Crippen MR) is 121 cm³/mol. The van der Waals surface area contributed by atoms with Crippen molar-refractivity contribution in [2.75, 3.05) is 13.2 Å². The Bertz CT molecular complexity index is 1430. The second-order valence-corrected chi connectivity index (χ2v) is 8.82. The molecule has 0 aliphatic carbocycles. The number of halogens is 3. The topological polar surface area (TPSA) is 110 Å². The molecule has 2 aliphatic rings. The first-order chi connectivity index (χ1) is 16.9. The summed E-state index contributed by atoms with van der Waals surface area (Å²) in [6.45, 7) is 0.465. The highest BCUT2D eigenvalue weighted by Gasteiger charge is 2.48. The van der Waals surface area contributed by atoms with Crippen molar-refractivity contribution in [1.29, 1.82) is 0 Å². The van der Waals surface area contributed by atoms with Crippen LogP contribution in [0.1, 0.15) is 0 Å². The van der Waals surface area contributed by atoms with Crippen molar-refractivity contribution in [3.05, 3.63) is 59.1 Å². The Morgan fingerprint density at radius 3 is 2.49 bits per heavy atom. The molecular formula is C24H18ClF2N3O5. The lowest BCUT2D eigenvalue weighted by Crippen LogP contribution is -2.34. The van der Waals surface area contributed by atoms with E-state index in [1.165, 1.54) is 0 Å². The Labute approximate surface area is 202 Å². The number of fused-ring (bicyclic) bond motifs is 2. The van der Waals surface area contributed by atoms with Crippen molar-refractivity contribution in [2.24, 2.45) is 0 Å². The van der Waals surface area contributed by atoms with Crippen molar-refractivity contribution in [2.45, 2.75) is 24.4 Å². The quantitative estimate of drug-likeness (QED) is 0.390. The summed E-state index contributed by atoms with van der Waals surface area (Å²) < 4.78 is 44.0. The van der Waals surface area contributed by atoms with Gasteiger partial charge in [-0.1, -0.05) is 35.9 Å². The van der Waals surface area contributed by atoms with Gasteiger partial charge in [0.05, 0.1) is 29.4 Å². The van der Waals surface area contributed by atoms with E-state index in [1.807, 2.05) is 0 Å². The minimum absolute atomic E-state index is 0.163. The predicted octanol–water partition coefficient (Wildman–Crippen LogP) is 3.84. The second kappa shape index (κ2) is 8.42. The zero-order valence-corrected chi connectivity index (χ0v) is 18.7. The van der Waals surface area contributed by atoms with Crippen molar-refractivity contribution in [3.63, 3.8) is 0 Å². The van der Waals surface area contributed by atoms with Gasteiger partial charge < -0.3 is 29.4 Å². The van der Waals surface area contributed by atoms with Gasteiger partial charge in [-0.3, -0.25) is 0 Å². The molecule has 0 saturated carbocycles. The smallest absolute Gasteiger partial charge is 0.296 e. The molecule has 4 unspecified atom stereocenters. The largest absolute Gasteiger partial charge is 0.507 e. The first-order valence-electron chi connectivity index (χ1n) is 10.8. The molecule has 2 fully saturated rings. The number of hydrogen-bond acceptors (Lipinski definition) is 7. The van der Waals surface area contributed by atoms with Gasteiger partial charge in [-0.15, -0.1) is 0 Å². The van der Waals surface area contributed by atoms with Crippen LogP contribution in [0.2, 0.25) is 5.02 Å². The number of aliphatic hydroxyl groups excluding tert-OH is 1. The zero-order chi connectivity index (χ0) is 24.3. The molecule has 0 radical (unpaired) electrons. The van der Waals surface area contributed by atoms with Gasteiger partial charge in [0.25, 0.3) is 6.01 Å². The van der Waals surface area contributed by atoms with Gasteiger partial charge in [0.2, 0.25) is 0 Å². The summed E-state index contributed by atoms with van der Waals surface area (Å²) >= 11 is 6.48. The van der Waals surface area contributed by atoms with E-state index in [0.717, 1.165) is 12.1 Å². The fourth-order valence-electron chi connectivity index (χ4n) is 4.42. The van der Waals surface area contributed by atoms with Crippen LogP contribution in [0.15, 0.2) is 42.5 Å². The van der Waals surface area contributed by atoms with Crippen LogP contribution >= 0.6 is 11.6 Å². The van der Waals surface area contributed by atoms with Crippen molar-refractivity contribution in [1.82, 2.24) is 15.0 Å². The number of ether oxygens (including phenoxy) is 3. The maximum absolute atomic E-state index is 13.6. The van der Waals surface area contributed by atoms with Crippen LogP contribution in [0.4, 0.5) is 8.78 Å². The Hall–Kier alpha value is -3.31. The van der Waals surface area contributed by atoms with E-state index in [9.17, 15) is 19.0 Å². The molecule has 4 aromatic rings. The summed E-state index contributed by atoms with van der Waals surface area (Å²) in [7, 11) is 0. The number of hydrogen-bond donors (Lipinski definition) is 3. The Morgan fingerprint density at radius 2 is 1.69 bits per heavy atom. The SMILES string of the molecule is Oc1cc(F)c(F)cc1-c1ccc(-c2nc3nc(OC4COC5C(O)COC45)[nH]c3cc2Cl)cc1. The number of aromatic hydroxyl groups is 1. The van der Waals surface area contributed by atoms with Crippen molar-refractivity contribution >= 4 is 22.8 Å². The second-order valence-electron chi connectivity index (χ2n) is 8.41. The molecule has 0 bridgehead atoms. The molecule has 2 aliphatic heterocycles. The molecule has 2 saturated heterocycles. The molecule has 4 heterocycles. The number of pyridine rings is 1. The molecule has 2 aromatic carbocycles. The maximum Gasteiger partial charge on any atom is 0.296 e. The van der Waals surface area contributed by atoms with E-state index < -0.39 is 29.9 Å². The molecule has 11 heteroatoms. The van der Waals surface area contributed by atoms with Crippen LogP contribution in [0.25, 0.3) is 33.5 Å². The molecule has 35 heavy (non-hydrogen) atoms. The summed E-state index contributed by atoms with van der Waals surface area (Å²) in [6, 6.07) is 10.3. The van der Waals surface area contributed by atoms with Gasteiger partial charge in [-0.25, -0.2) is 13.8 Å². The number of aromatic amines is 1. The Kier molecular flexibility index (Phi) is 5.33. The number of rotatable bonds is 4. The number of phenols is 1. The highest BCUT2D eigenvalue weighted by molar-refractivity contribution is 6.33. The molecule has 0 spiro atoms. The van der Waals surface area contributed by atoms with Crippen LogP contribution in [0.3, 0.4) is 0 Å². The van der Waals surface area contributed by atoms with Gasteiger partial charge in [0.1, 0.15) is 24.1 Å². The van der Waals surface area contributed by atoms with Gasteiger partial charge >= 0.3 is 0 Å². The van der Waals surface area contributed by atoms with E-state index in [-0.39, 0.29) is 36.6 Å². The van der Waals surface area contributed by atoms with Gasteiger partial charge in [0, 0.05) is 17.2 Å². The zero-order valence-electron chi connectivity index (χ0n) is 17.9. The third-order valence-electron chi connectivity index (χ3n) is 6.16. The molecule has 3 N–H and O–H groups in total. The molecule has 4 atom stereocenters. The van der Waals surface area contributed by atoms with Gasteiger partial charge in [-0.05, 0) is 17.7 Å². The standard InChI is InChI=1S/C24H18ClF2N3O5/c25-13-6-16-23(30-24(28-16)35-19-9-34-21-18(32)8-33-22(19)21)29-20(13)11-3-1-10(2-4-11)12-5-14(26)15(27)7-17(12)31/h1-7,18-19,21-22,31-32H,8-9H2,(H,28,29,30). The van der Waals surface area contributed by atoms with Crippen LogP contribution < -0.4 is 4.74 Å². The lowest BCUT2D eigenvalue weighted by atomic mass is 10.0. The summed E-state index contributed by atoms with van der Waals surface area (Å²) in [5.41, 5.74) is 2.73. The van der Waals surface area contributed by atoms with Crippen LogP contribution in [0, 0.1) is 11.6 Å². The lowest BCUT2D eigenvalue weighted by Gasteiger charge is -2.15. The van der Waals surface area contributed by atoms with Crippen LogP contribution in [-0.2, 0) is 9.47 Å². The van der Waals surface area contributed by atoms with Crippen LogP contribution in [-0.4, -0.2) is 62.8 Å². The molecule has 0 amide bonds. The van der Waals surface area contributed by atoms with E-state index >= 15 is 0 Å². The number of phenolic OH excluding ortho intramolecular Hbond substituents is 1. The number of nitrogens with zero attached hydrogens (tertiary/aromatic N) is 2. The Balaban J connectivity index is 1.26. The number of aliphatic hydroxyl groups is 1. The van der Waals surface area contributed by atoms with Crippen LogP contribution in [0.5, 0.6) is 11.8 Å². The fraction of sp³-hybridized carbons (Fsp3) is 0.250. The fourth-order valence-corrected chi connectivity index (χ4v) is 4.68. The minimum atomic E-state index is -1.12. The van der Waals surface area contributed by atoms with Gasteiger partial charge in [-0.2, -0.15) is 4.98 Å².